The molecule has 0 radical (unpaired) electrons. The van der Waals surface area contributed by atoms with Crippen LogP contribution in [0.4, 0.5) is 0 Å². The second kappa shape index (κ2) is 42.4. The van der Waals surface area contributed by atoms with E-state index in [0.717, 1.165) is 27.7 Å². The number of hydrogen-bond donors (Lipinski definition) is 29. The summed E-state index contributed by atoms with van der Waals surface area (Å²) in [7, 11) is 0. The predicted octanol–water partition coefficient (Wildman–Crippen LogP) is -19.1. The Labute approximate surface area is 681 Å². The normalized spacial score (nSPS) is 50.3. The molecule has 10 heterocycles. The molecule has 0 saturated carbocycles. The molecular formula is C68H114N4O48. The second-order valence-electron chi connectivity index (χ2n) is 31.0. The average molecular weight is 1760 g/mol. The molecule has 10 aliphatic heterocycles. The molecule has 52 nitrogen and oxygen atoms in total. The third-order valence-corrected chi connectivity index (χ3v) is 22.3. The highest BCUT2D eigenvalue weighted by Gasteiger charge is 2.62. The maximum Gasteiger partial charge on any atom is 0.217 e. The lowest BCUT2D eigenvalue weighted by molar-refractivity contribution is -0.402. The Bertz CT molecular complexity index is 3250. The van der Waals surface area contributed by atoms with Gasteiger partial charge in [-0.1, -0.05) is 0 Å². The van der Waals surface area contributed by atoms with Crippen molar-refractivity contribution in [3.63, 3.8) is 0 Å². The lowest BCUT2D eigenvalue weighted by atomic mass is 9.93. The van der Waals surface area contributed by atoms with E-state index in [2.05, 4.69) is 21.3 Å². The molecule has 10 fully saturated rings. The Balaban J connectivity index is 1.00. The van der Waals surface area contributed by atoms with Crippen LogP contribution in [-0.2, 0) is 109 Å². The van der Waals surface area contributed by atoms with Gasteiger partial charge in [-0.05, 0) is 20.8 Å². The fourth-order valence-corrected chi connectivity index (χ4v) is 15.7. The number of carbonyl (C=O) groups is 4. The first-order valence-corrected chi connectivity index (χ1v) is 38.7. The van der Waals surface area contributed by atoms with Crippen LogP contribution >= 0.6 is 0 Å². The summed E-state index contributed by atoms with van der Waals surface area (Å²) < 4.78 is 115. The molecule has 10 aliphatic rings. The van der Waals surface area contributed by atoms with Gasteiger partial charge < -0.3 is 239 Å². The summed E-state index contributed by atoms with van der Waals surface area (Å²) in [5, 5.41) is 290. The van der Waals surface area contributed by atoms with Crippen LogP contribution in [0.1, 0.15) is 48.5 Å². The number of amides is 4. The molecule has 0 bridgehead atoms. The summed E-state index contributed by atoms with van der Waals surface area (Å²) in [5.41, 5.74) is 0. The molecule has 0 aliphatic carbocycles. The predicted molar refractivity (Wildman–Crippen MR) is 372 cm³/mol. The molecule has 10 rings (SSSR count). The van der Waals surface area contributed by atoms with Gasteiger partial charge in [0.25, 0.3) is 0 Å². The summed E-state index contributed by atoms with van der Waals surface area (Å²) in [6.45, 7) is -0.104. The Hall–Kier alpha value is -3.88. The summed E-state index contributed by atoms with van der Waals surface area (Å²) in [6.07, 6.45) is -93.6. The zero-order chi connectivity index (χ0) is 88.4. The number of hydrogen-bond acceptors (Lipinski definition) is 48. The fourth-order valence-electron chi connectivity index (χ4n) is 15.7. The smallest absolute Gasteiger partial charge is 0.217 e. The van der Waals surface area contributed by atoms with E-state index in [1.165, 1.54) is 20.8 Å². The highest BCUT2D eigenvalue weighted by molar-refractivity contribution is 5.74. The summed E-state index contributed by atoms with van der Waals surface area (Å²) in [5.74, 6) is -3.76. The van der Waals surface area contributed by atoms with E-state index in [0.29, 0.717) is 0 Å². The molecule has 50 atom stereocenters. The maximum atomic E-state index is 13.6. The molecule has 10 saturated heterocycles. The molecule has 52 heteroatoms. The van der Waals surface area contributed by atoms with E-state index in [1.54, 1.807) is 0 Å². The Morgan fingerprint density at radius 2 is 0.533 bits per heavy atom. The van der Waals surface area contributed by atoms with Crippen molar-refractivity contribution in [2.45, 2.75) is 355 Å². The summed E-state index contributed by atoms with van der Waals surface area (Å²) in [4.78, 5) is 52.6. The van der Waals surface area contributed by atoms with E-state index < -0.39 is 377 Å². The van der Waals surface area contributed by atoms with Crippen molar-refractivity contribution in [1.82, 2.24) is 21.3 Å². The van der Waals surface area contributed by atoms with Crippen LogP contribution in [0.3, 0.4) is 0 Å². The van der Waals surface area contributed by atoms with E-state index in [-0.39, 0.29) is 0 Å². The standard InChI is InChI=1S/C68H114N4O48/c1-15-33(82)42(91)47(96)63(104-15)103-14-28-54(55(31(59(101)107-28)71-20(6)80)117-65-49(98)43(92)34(83)16(2)105-65)116-61-30(70-19(5)79)41(90)52(25(11-76)111-61)114-67-51(100)57(39(88)27(113-67)13-102-64-48(97)45(94)37(86)23(9-74)109-64)119-68-58(46(95)38(87)24(10-75)110-68)120-62-32(72-21(7)81)56(118-66-50(99)44(93)35(84)17(3)106-66)53(26(12-77)112-62)115-60-29(69-18(4)78)40(89)36(85)22(8-73)108-60/h15-17,22-68,73-77,82-101H,8-14H2,1-7H3,(H,69,78)(H,70,79)(H,71,80)(H,72,81)/t15-,16-,17-,22+,23+,24+,25+,26+,27+,28+,29+,30+,31+,32+,33+,34+,35+,36-,37+,38+,39+,40+,41+,42+,43+,44+,45-,46-,47-,48-,49+,50-,51-,52+,53+,54+,55+,56+,57-,58-,59?,60-,61-,62-,63+,64-,65-,66-,67-,68+/m0/s1. The average Bonchev–Trinajstić information content (AvgIpc) is 0.770. The number of rotatable bonds is 29. The van der Waals surface area contributed by atoms with Crippen LogP contribution in [0.2, 0.25) is 0 Å². The molecule has 0 aromatic heterocycles. The molecule has 29 N–H and O–H groups in total. The molecule has 0 aromatic rings. The van der Waals surface area contributed by atoms with Crippen molar-refractivity contribution < 1.29 is 237 Å². The van der Waals surface area contributed by atoms with Crippen molar-refractivity contribution in [3.05, 3.63) is 0 Å². The number of ether oxygens (including phenoxy) is 19. The number of nitrogens with one attached hydrogen (secondary N) is 4. The molecular weight excluding hydrogens is 1640 g/mol. The van der Waals surface area contributed by atoms with Gasteiger partial charge in [-0.25, -0.2) is 0 Å². The first-order chi connectivity index (χ1) is 56.6. The van der Waals surface area contributed by atoms with Crippen molar-refractivity contribution >= 4 is 23.6 Å². The first kappa shape index (κ1) is 98.3. The Morgan fingerprint density at radius 1 is 0.233 bits per heavy atom. The number of carbonyl (C=O) groups excluding carboxylic acids is 4. The second-order valence-corrected chi connectivity index (χ2v) is 31.0. The van der Waals surface area contributed by atoms with Crippen molar-refractivity contribution in [2.24, 2.45) is 0 Å². The first-order valence-electron chi connectivity index (χ1n) is 38.7. The minimum Gasteiger partial charge on any atom is -0.394 e. The molecule has 0 spiro atoms. The van der Waals surface area contributed by atoms with Gasteiger partial charge in [-0.15, -0.1) is 0 Å². The van der Waals surface area contributed by atoms with Crippen LogP contribution in [-0.4, -0.2) is 504 Å². The molecule has 0 aromatic carbocycles. The van der Waals surface area contributed by atoms with Crippen molar-refractivity contribution in [3.8, 4) is 0 Å². The van der Waals surface area contributed by atoms with Crippen molar-refractivity contribution in [2.75, 3.05) is 46.2 Å². The van der Waals surface area contributed by atoms with Gasteiger partial charge in [0.1, 0.15) is 226 Å². The van der Waals surface area contributed by atoms with E-state index in [9.17, 15) is 147 Å². The van der Waals surface area contributed by atoms with E-state index >= 15 is 0 Å². The van der Waals surface area contributed by atoms with Gasteiger partial charge in [0, 0.05) is 27.7 Å². The van der Waals surface area contributed by atoms with E-state index in [4.69, 9.17) is 90.0 Å². The van der Waals surface area contributed by atoms with E-state index in [1.807, 2.05) is 0 Å². The van der Waals surface area contributed by atoms with Crippen LogP contribution in [0.5, 0.6) is 0 Å². The monoisotopic (exact) mass is 1750 g/mol. The van der Waals surface area contributed by atoms with Gasteiger partial charge >= 0.3 is 0 Å². The SMILES string of the molecule is CC(=O)N[C@H]1[C@H](O[C@H]2[C@H](O[C@@H]3O[C@@H](C)[C@@H](O)[C@@H](O)[C@H]3O)[C@@H](NC(C)=O)C(O)O[C@@H]2CO[C@@H]2O[C@@H](C)[C@@H](O)[C@@H](O)[C@@H]2O)O[C@H](CO)[C@@H](O[C@@H]2O[C@H](CO[C@H]3O[C@H](CO)[C@@H](O)[C@H](O)[C@@H]3O)[C@@H](O)[C@H](O[C@H]3O[C@H](CO)[C@@H](O)[C@H](O)[C@@H]3O[C@@H]3O[C@H](CO)[C@@H](O[C@@H]4O[C@H](CO)[C@H](O)[C@H](O)[C@H]4NC(C)=O)[C@H](O[C@@H]4O[C@@H](C)[C@@H](O)[C@@H](O)[C@@H]4O)[C@H]3NC(C)=O)[C@@H]2O)[C@@H]1O. The lowest BCUT2D eigenvalue weighted by Crippen LogP contribution is -2.72. The topological polar surface area (TPSA) is 798 Å². The fraction of sp³-hybridized carbons (Fsp3) is 0.941. The summed E-state index contributed by atoms with van der Waals surface area (Å²) in [6, 6.07) is -7.71. The van der Waals surface area contributed by atoms with Gasteiger partial charge in [0.2, 0.25) is 23.6 Å². The third-order valence-electron chi connectivity index (χ3n) is 22.3. The Kier molecular flexibility index (Phi) is 34.7. The third kappa shape index (κ3) is 21.6. The van der Waals surface area contributed by atoms with Crippen LogP contribution < -0.4 is 21.3 Å². The van der Waals surface area contributed by atoms with Crippen molar-refractivity contribution in [1.29, 1.82) is 0 Å². The lowest BCUT2D eigenvalue weighted by Gasteiger charge is -2.52. The minimum absolute atomic E-state index is 0.852. The number of aliphatic hydroxyl groups is 25. The van der Waals surface area contributed by atoms with Crippen LogP contribution in [0, 0.1) is 0 Å². The highest BCUT2D eigenvalue weighted by Crippen LogP contribution is 2.41. The quantitative estimate of drug-likeness (QED) is 0.0331. The minimum atomic E-state index is -2.60. The Morgan fingerprint density at radius 3 is 1.01 bits per heavy atom. The molecule has 4 amide bonds. The zero-order valence-corrected chi connectivity index (χ0v) is 65.4. The van der Waals surface area contributed by atoms with Gasteiger partial charge in [-0.2, -0.15) is 0 Å². The zero-order valence-electron chi connectivity index (χ0n) is 65.4. The van der Waals surface area contributed by atoms with Crippen LogP contribution in [0.25, 0.3) is 0 Å². The molecule has 1 unspecified atom stereocenters. The summed E-state index contributed by atoms with van der Waals surface area (Å²) >= 11 is 0. The largest absolute Gasteiger partial charge is 0.394 e. The molecule has 694 valence electrons. The maximum absolute atomic E-state index is 13.6. The molecule has 120 heavy (non-hydrogen) atoms. The van der Waals surface area contributed by atoms with Gasteiger partial charge in [-0.3, -0.25) is 19.2 Å². The van der Waals surface area contributed by atoms with Crippen LogP contribution in [0.15, 0.2) is 0 Å². The number of aliphatic hydroxyl groups excluding tert-OH is 25. The van der Waals surface area contributed by atoms with Gasteiger partial charge in [0.15, 0.2) is 62.9 Å². The highest BCUT2D eigenvalue weighted by atomic mass is 16.8. The van der Waals surface area contributed by atoms with Gasteiger partial charge in [0.05, 0.1) is 64.6 Å².